The van der Waals surface area contributed by atoms with Crippen molar-refractivity contribution >= 4 is 17.7 Å². The van der Waals surface area contributed by atoms with Crippen LogP contribution in [0.15, 0.2) is 30.3 Å². The number of rotatable bonds is 3. The molecule has 2 amide bonds. The highest BCUT2D eigenvalue weighted by Gasteiger charge is 2.12. The Labute approximate surface area is 108 Å². The fourth-order valence-corrected chi connectivity index (χ4v) is 1.71. The zero-order valence-electron chi connectivity index (χ0n) is 10.1. The van der Waals surface area contributed by atoms with E-state index in [1.54, 1.807) is 31.3 Å². The third-order valence-corrected chi connectivity index (χ3v) is 2.55. The molecule has 4 N–H and O–H groups in total. The number of primary amides is 1. The average Bonchev–Trinajstić information content (AvgIpc) is 2.72. The summed E-state index contributed by atoms with van der Waals surface area (Å²) in [6, 6.07) is 7.68. The molecule has 7 heteroatoms. The van der Waals surface area contributed by atoms with Crippen LogP contribution in [-0.2, 0) is 7.05 Å². The lowest BCUT2D eigenvalue weighted by Crippen LogP contribution is -2.19. The van der Waals surface area contributed by atoms with Gasteiger partial charge in [0, 0.05) is 12.7 Å². The predicted octanol–water partition coefficient (Wildman–Crippen LogP) is 1.28. The van der Waals surface area contributed by atoms with Gasteiger partial charge in [0.25, 0.3) is 0 Å². The van der Waals surface area contributed by atoms with Crippen molar-refractivity contribution in [1.82, 2.24) is 9.78 Å². The van der Waals surface area contributed by atoms with Crippen molar-refractivity contribution in [3.8, 4) is 11.3 Å². The van der Waals surface area contributed by atoms with Crippen LogP contribution >= 0.6 is 0 Å². The third kappa shape index (κ3) is 2.71. The summed E-state index contributed by atoms with van der Waals surface area (Å²) in [5.41, 5.74) is 7.01. The smallest absolute Gasteiger partial charge is 0.356 e. The Kier molecular flexibility index (Phi) is 3.19. The lowest BCUT2D eigenvalue weighted by molar-refractivity contribution is 0.0689. The van der Waals surface area contributed by atoms with Crippen LogP contribution in [0.1, 0.15) is 10.5 Å². The quantitative estimate of drug-likeness (QED) is 0.771. The Bertz CT molecular complexity index is 631. The van der Waals surface area contributed by atoms with Crippen LogP contribution in [0.4, 0.5) is 10.5 Å². The molecule has 0 atom stereocenters. The van der Waals surface area contributed by atoms with Crippen LogP contribution in [0.2, 0.25) is 0 Å². The molecule has 0 saturated heterocycles. The number of nitrogens with one attached hydrogen (secondary N) is 1. The van der Waals surface area contributed by atoms with E-state index in [-0.39, 0.29) is 5.69 Å². The number of benzene rings is 1. The maximum atomic E-state index is 10.8. The number of aryl methyl sites for hydroxylation is 1. The first-order valence-electron chi connectivity index (χ1n) is 5.41. The number of aromatic nitrogens is 2. The maximum Gasteiger partial charge on any atom is 0.356 e. The van der Waals surface area contributed by atoms with Gasteiger partial charge in [-0.15, -0.1) is 0 Å². The number of carbonyl (C=O) groups is 2. The van der Waals surface area contributed by atoms with E-state index in [2.05, 4.69) is 10.4 Å². The van der Waals surface area contributed by atoms with E-state index in [4.69, 9.17) is 10.8 Å². The summed E-state index contributed by atoms with van der Waals surface area (Å²) >= 11 is 0. The molecule has 2 rings (SSSR count). The fraction of sp³-hybridized carbons (Fsp3) is 0.0833. The molecule has 2 aromatic rings. The summed E-state index contributed by atoms with van der Waals surface area (Å²) in [5.74, 6) is -1.08. The summed E-state index contributed by atoms with van der Waals surface area (Å²) < 4.78 is 1.49. The minimum absolute atomic E-state index is 0.0168. The molecule has 1 heterocycles. The van der Waals surface area contributed by atoms with Gasteiger partial charge in [-0.1, -0.05) is 12.1 Å². The largest absolute Gasteiger partial charge is 0.476 e. The van der Waals surface area contributed by atoms with Crippen LogP contribution in [0.3, 0.4) is 0 Å². The second kappa shape index (κ2) is 4.81. The molecule has 0 saturated carbocycles. The van der Waals surface area contributed by atoms with E-state index >= 15 is 0 Å². The van der Waals surface area contributed by atoms with Gasteiger partial charge in [-0.2, -0.15) is 5.10 Å². The van der Waals surface area contributed by atoms with Crippen LogP contribution in [0.5, 0.6) is 0 Å². The lowest BCUT2D eigenvalue weighted by atomic mass is 10.1. The Morgan fingerprint density at radius 2 is 1.95 bits per heavy atom. The molecule has 0 bridgehead atoms. The number of carboxylic acid groups (broad SMARTS) is 1. The first kappa shape index (κ1) is 12.6. The molecule has 7 nitrogen and oxygen atoms in total. The molecule has 0 aliphatic heterocycles. The van der Waals surface area contributed by atoms with Crippen LogP contribution in [-0.4, -0.2) is 26.9 Å². The standard InChI is InChI=1S/C12H12N4O3/c1-16-10(6-9(15-16)11(17)18)7-2-4-8(5-3-7)14-12(13)19/h2-6H,1H3,(H,17,18)(H3,13,14,19). The van der Waals surface area contributed by atoms with E-state index in [0.717, 1.165) is 5.56 Å². The zero-order valence-corrected chi connectivity index (χ0v) is 10.1. The second-order valence-corrected chi connectivity index (χ2v) is 3.91. The molecule has 1 aromatic heterocycles. The van der Waals surface area contributed by atoms with Gasteiger partial charge >= 0.3 is 12.0 Å². The number of nitrogens with two attached hydrogens (primary N) is 1. The topological polar surface area (TPSA) is 110 Å². The summed E-state index contributed by atoms with van der Waals surface area (Å²) in [5, 5.41) is 15.2. The van der Waals surface area contributed by atoms with E-state index in [1.807, 2.05) is 0 Å². The SMILES string of the molecule is Cn1nc(C(=O)O)cc1-c1ccc(NC(N)=O)cc1. The number of nitrogens with zero attached hydrogens (tertiary/aromatic N) is 2. The van der Waals surface area contributed by atoms with Gasteiger partial charge in [-0.3, -0.25) is 4.68 Å². The van der Waals surface area contributed by atoms with Crippen molar-refractivity contribution in [2.75, 3.05) is 5.32 Å². The van der Waals surface area contributed by atoms with Gasteiger partial charge < -0.3 is 16.2 Å². The van der Waals surface area contributed by atoms with Crippen molar-refractivity contribution in [3.63, 3.8) is 0 Å². The maximum absolute atomic E-state index is 10.8. The molecule has 0 unspecified atom stereocenters. The summed E-state index contributed by atoms with van der Waals surface area (Å²) in [4.78, 5) is 21.5. The van der Waals surface area contributed by atoms with Gasteiger partial charge in [0.05, 0.1) is 5.69 Å². The minimum Gasteiger partial charge on any atom is -0.476 e. The highest BCUT2D eigenvalue weighted by molar-refractivity contribution is 5.88. The number of hydrogen-bond acceptors (Lipinski definition) is 3. The monoisotopic (exact) mass is 260 g/mol. The van der Waals surface area contributed by atoms with Crippen molar-refractivity contribution in [3.05, 3.63) is 36.0 Å². The number of aromatic carboxylic acids is 1. The van der Waals surface area contributed by atoms with E-state index in [0.29, 0.717) is 11.4 Å². The molecular formula is C12H12N4O3. The van der Waals surface area contributed by atoms with Crippen molar-refractivity contribution < 1.29 is 14.7 Å². The lowest BCUT2D eigenvalue weighted by Gasteiger charge is -2.04. The van der Waals surface area contributed by atoms with Gasteiger partial charge in [0.15, 0.2) is 5.69 Å². The Morgan fingerprint density at radius 1 is 1.32 bits per heavy atom. The first-order chi connectivity index (χ1) is 8.97. The van der Waals surface area contributed by atoms with Gasteiger partial charge in [0.1, 0.15) is 0 Å². The Balaban J connectivity index is 2.31. The number of hydrogen-bond donors (Lipinski definition) is 3. The average molecular weight is 260 g/mol. The van der Waals surface area contributed by atoms with E-state index in [1.165, 1.54) is 10.7 Å². The molecule has 1 aromatic carbocycles. The van der Waals surface area contributed by atoms with Gasteiger partial charge in [0.2, 0.25) is 0 Å². The number of amides is 2. The number of carbonyl (C=O) groups excluding carboxylic acids is 1. The van der Waals surface area contributed by atoms with Crippen molar-refractivity contribution in [2.45, 2.75) is 0 Å². The zero-order chi connectivity index (χ0) is 14.0. The summed E-state index contributed by atoms with van der Waals surface area (Å²) in [6.07, 6.45) is 0. The molecule has 19 heavy (non-hydrogen) atoms. The highest BCUT2D eigenvalue weighted by Crippen LogP contribution is 2.21. The second-order valence-electron chi connectivity index (χ2n) is 3.91. The molecule has 0 radical (unpaired) electrons. The molecule has 0 spiro atoms. The minimum atomic E-state index is -1.08. The number of carboxylic acids is 1. The first-order valence-corrected chi connectivity index (χ1v) is 5.41. The number of urea groups is 1. The third-order valence-electron chi connectivity index (χ3n) is 2.55. The molecule has 0 aliphatic rings. The predicted molar refractivity (Wildman–Crippen MR) is 68.8 cm³/mol. The highest BCUT2D eigenvalue weighted by atomic mass is 16.4. The fourth-order valence-electron chi connectivity index (χ4n) is 1.71. The van der Waals surface area contributed by atoms with E-state index < -0.39 is 12.0 Å². The van der Waals surface area contributed by atoms with Crippen LogP contribution < -0.4 is 11.1 Å². The summed E-state index contributed by atoms with van der Waals surface area (Å²) in [7, 11) is 1.66. The van der Waals surface area contributed by atoms with Crippen LogP contribution in [0, 0.1) is 0 Å². The molecule has 98 valence electrons. The molecular weight excluding hydrogens is 248 g/mol. The Morgan fingerprint density at radius 3 is 2.42 bits per heavy atom. The van der Waals surface area contributed by atoms with Gasteiger partial charge in [-0.25, -0.2) is 9.59 Å². The molecule has 0 fully saturated rings. The molecule has 0 aliphatic carbocycles. The van der Waals surface area contributed by atoms with E-state index in [9.17, 15) is 9.59 Å². The van der Waals surface area contributed by atoms with Crippen molar-refractivity contribution in [2.24, 2.45) is 12.8 Å². The summed E-state index contributed by atoms with van der Waals surface area (Å²) in [6.45, 7) is 0. The number of anilines is 1. The van der Waals surface area contributed by atoms with Gasteiger partial charge in [-0.05, 0) is 23.8 Å². The Hall–Kier alpha value is -2.83. The van der Waals surface area contributed by atoms with Crippen LogP contribution in [0.25, 0.3) is 11.3 Å². The normalized spacial score (nSPS) is 10.2. The van der Waals surface area contributed by atoms with Crippen molar-refractivity contribution in [1.29, 1.82) is 0 Å².